The molecule has 5 heteroatoms. The van der Waals surface area contributed by atoms with Gasteiger partial charge in [0, 0.05) is 24.6 Å². The van der Waals surface area contributed by atoms with Crippen LogP contribution in [0.4, 0.5) is 0 Å². The Kier molecular flexibility index (Phi) is 3.64. The van der Waals surface area contributed by atoms with E-state index in [0.717, 1.165) is 28.0 Å². The molecule has 0 saturated heterocycles. The molecule has 0 saturated carbocycles. The maximum Gasteiger partial charge on any atom is 0.254 e. The van der Waals surface area contributed by atoms with Crippen LogP contribution in [0.15, 0.2) is 36.4 Å². The molecule has 0 unspecified atom stereocenters. The third-order valence-electron chi connectivity index (χ3n) is 4.73. The van der Waals surface area contributed by atoms with Gasteiger partial charge in [0.05, 0.1) is 17.6 Å². The Morgan fingerprint density at radius 3 is 2.92 bits per heavy atom. The lowest BCUT2D eigenvalue weighted by atomic mass is 10.0. The summed E-state index contributed by atoms with van der Waals surface area (Å²) in [6.07, 6.45) is 1.14. The van der Waals surface area contributed by atoms with Crippen LogP contribution in [0, 0.1) is 6.92 Å². The Morgan fingerprint density at radius 2 is 2.08 bits per heavy atom. The van der Waals surface area contributed by atoms with Gasteiger partial charge in [0.15, 0.2) is 5.78 Å². The van der Waals surface area contributed by atoms with Crippen molar-refractivity contribution in [3.8, 4) is 0 Å². The molecule has 0 aliphatic heterocycles. The van der Waals surface area contributed by atoms with Gasteiger partial charge in [-0.25, -0.2) is 4.98 Å². The van der Waals surface area contributed by atoms with Gasteiger partial charge in [0.2, 0.25) is 0 Å². The molecule has 1 heterocycles. The number of aromatic amines is 1. The third kappa shape index (κ3) is 2.71. The Labute approximate surface area is 145 Å². The first-order valence-corrected chi connectivity index (χ1v) is 8.39. The van der Waals surface area contributed by atoms with E-state index in [1.807, 2.05) is 31.2 Å². The summed E-state index contributed by atoms with van der Waals surface area (Å²) in [5.74, 6) is 0.795. The van der Waals surface area contributed by atoms with Crippen LogP contribution in [0.3, 0.4) is 0 Å². The lowest BCUT2D eigenvalue weighted by Crippen LogP contribution is -2.27. The molecule has 25 heavy (non-hydrogen) atoms. The van der Waals surface area contributed by atoms with Crippen LogP contribution in [0.25, 0.3) is 11.0 Å². The van der Waals surface area contributed by atoms with Crippen LogP contribution in [-0.2, 0) is 13.0 Å². The zero-order chi connectivity index (χ0) is 17.6. The van der Waals surface area contributed by atoms with Crippen LogP contribution in [-0.4, -0.2) is 33.6 Å². The molecule has 1 aliphatic rings. The molecule has 1 N–H and O–H groups in total. The third-order valence-corrected chi connectivity index (χ3v) is 4.73. The van der Waals surface area contributed by atoms with E-state index in [4.69, 9.17) is 0 Å². The van der Waals surface area contributed by atoms with Crippen molar-refractivity contribution in [2.75, 3.05) is 7.05 Å². The first-order chi connectivity index (χ1) is 12.0. The Hall–Kier alpha value is -2.95. The molecule has 4 rings (SSSR count). The van der Waals surface area contributed by atoms with E-state index in [1.54, 1.807) is 24.1 Å². The van der Waals surface area contributed by atoms with Crippen LogP contribution in [0.5, 0.6) is 0 Å². The van der Waals surface area contributed by atoms with E-state index in [0.29, 0.717) is 30.5 Å². The number of carbonyl (C=O) groups is 2. The number of ketones is 1. The van der Waals surface area contributed by atoms with Crippen molar-refractivity contribution >= 4 is 22.7 Å². The van der Waals surface area contributed by atoms with Crippen LogP contribution >= 0.6 is 0 Å². The van der Waals surface area contributed by atoms with Gasteiger partial charge in [-0.1, -0.05) is 18.2 Å². The molecule has 0 spiro atoms. The number of H-pyrrole nitrogens is 1. The molecular weight excluding hydrogens is 314 g/mol. The summed E-state index contributed by atoms with van der Waals surface area (Å²) in [5.41, 5.74) is 5.23. The number of hydrogen-bond acceptors (Lipinski definition) is 3. The molecule has 126 valence electrons. The maximum absolute atomic E-state index is 12.9. The number of aromatic nitrogens is 2. The number of rotatable bonds is 3. The van der Waals surface area contributed by atoms with Gasteiger partial charge in [-0.2, -0.15) is 0 Å². The zero-order valence-corrected chi connectivity index (χ0v) is 14.3. The Bertz CT molecular complexity index is 1000. The van der Waals surface area contributed by atoms with Crippen LogP contribution in [0.2, 0.25) is 0 Å². The topological polar surface area (TPSA) is 66.1 Å². The van der Waals surface area contributed by atoms with E-state index in [1.165, 1.54) is 0 Å². The molecule has 3 aromatic rings. The molecule has 0 atom stereocenters. The normalized spacial score (nSPS) is 13.3. The summed E-state index contributed by atoms with van der Waals surface area (Å²) in [6.45, 7) is 2.43. The highest BCUT2D eigenvalue weighted by molar-refractivity contribution is 6.05. The Morgan fingerprint density at radius 1 is 1.24 bits per heavy atom. The van der Waals surface area contributed by atoms with Gasteiger partial charge >= 0.3 is 0 Å². The highest BCUT2D eigenvalue weighted by Crippen LogP contribution is 2.26. The quantitative estimate of drug-likeness (QED) is 0.800. The largest absolute Gasteiger partial charge is 0.340 e. The second kappa shape index (κ2) is 5.84. The van der Waals surface area contributed by atoms with Gasteiger partial charge in [-0.3, -0.25) is 9.59 Å². The summed E-state index contributed by atoms with van der Waals surface area (Å²) in [4.78, 5) is 34.2. The smallest absolute Gasteiger partial charge is 0.254 e. The van der Waals surface area contributed by atoms with Crippen molar-refractivity contribution in [3.63, 3.8) is 0 Å². The van der Waals surface area contributed by atoms with E-state index in [9.17, 15) is 9.59 Å². The predicted octanol–water partition coefficient (Wildman–Crippen LogP) is 3.27. The van der Waals surface area contributed by atoms with Crippen molar-refractivity contribution in [1.82, 2.24) is 14.9 Å². The van der Waals surface area contributed by atoms with Gasteiger partial charge in [-0.15, -0.1) is 0 Å². The SMILES string of the molecule is Cc1ccc2nc(CN(C)C(=O)c3cccc4c3CCC4=O)[nH]c2c1. The molecule has 2 aromatic carbocycles. The van der Waals surface area contributed by atoms with E-state index < -0.39 is 0 Å². The second-order valence-electron chi connectivity index (χ2n) is 6.62. The summed E-state index contributed by atoms with van der Waals surface area (Å²) >= 11 is 0. The lowest BCUT2D eigenvalue weighted by Gasteiger charge is -2.17. The Balaban J connectivity index is 1.59. The summed E-state index contributed by atoms with van der Waals surface area (Å²) < 4.78 is 0. The number of imidazole rings is 1. The number of hydrogen-bond donors (Lipinski definition) is 1. The minimum Gasteiger partial charge on any atom is -0.340 e. The van der Waals surface area contributed by atoms with E-state index in [2.05, 4.69) is 9.97 Å². The molecule has 1 aliphatic carbocycles. The molecule has 0 bridgehead atoms. The molecular formula is C20H19N3O2. The number of amides is 1. The summed E-state index contributed by atoms with van der Waals surface area (Å²) in [6, 6.07) is 11.4. The number of carbonyl (C=O) groups excluding carboxylic acids is 2. The zero-order valence-electron chi connectivity index (χ0n) is 14.3. The number of Topliss-reactive ketones (excluding diaryl/α,β-unsaturated/α-hetero) is 1. The average Bonchev–Trinajstić information content (AvgIpc) is 3.17. The second-order valence-corrected chi connectivity index (χ2v) is 6.62. The molecule has 5 nitrogen and oxygen atoms in total. The molecule has 1 aromatic heterocycles. The molecule has 0 fully saturated rings. The first kappa shape index (κ1) is 15.6. The summed E-state index contributed by atoms with van der Waals surface area (Å²) in [7, 11) is 1.76. The number of benzene rings is 2. The van der Waals surface area contributed by atoms with Gasteiger partial charge in [0.25, 0.3) is 5.91 Å². The van der Waals surface area contributed by atoms with E-state index in [-0.39, 0.29) is 11.7 Å². The predicted molar refractivity (Wildman–Crippen MR) is 95.7 cm³/mol. The molecule has 1 amide bonds. The fraction of sp³-hybridized carbons (Fsp3) is 0.250. The summed E-state index contributed by atoms with van der Waals surface area (Å²) in [5, 5.41) is 0. The standard InChI is InChI=1S/C20H19N3O2/c1-12-6-8-16-17(10-12)22-19(21-16)11-23(2)20(25)15-5-3-4-14-13(15)7-9-18(14)24/h3-6,8,10H,7,9,11H2,1-2H3,(H,21,22). The minimum absolute atomic E-state index is 0.0804. The van der Waals surface area contributed by atoms with E-state index >= 15 is 0 Å². The monoisotopic (exact) mass is 333 g/mol. The van der Waals surface area contributed by atoms with Crippen LogP contribution < -0.4 is 0 Å². The number of nitrogens with one attached hydrogen (secondary N) is 1. The number of nitrogens with zero attached hydrogens (tertiary/aromatic N) is 2. The number of aryl methyl sites for hydroxylation is 1. The van der Waals surface area contributed by atoms with Gasteiger partial charge < -0.3 is 9.88 Å². The fourth-order valence-corrected chi connectivity index (χ4v) is 3.44. The van der Waals surface area contributed by atoms with Crippen LogP contribution in [0.1, 0.15) is 44.1 Å². The maximum atomic E-state index is 12.9. The number of fused-ring (bicyclic) bond motifs is 2. The molecule has 0 radical (unpaired) electrons. The van der Waals surface area contributed by atoms with Crippen molar-refractivity contribution in [2.45, 2.75) is 26.3 Å². The first-order valence-electron chi connectivity index (χ1n) is 8.39. The minimum atomic E-state index is -0.0804. The highest BCUT2D eigenvalue weighted by atomic mass is 16.2. The average molecular weight is 333 g/mol. The van der Waals surface area contributed by atoms with Crippen molar-refractivity contribution < 1.29 is 9.59 Å². The van der Waals surface area contributed by atoms with Gasteiger partial charge in [0.1, 0.15) is 5.82 Å². The van der Waals surface area contributed by atoms with Crippen molar-refractivity contribution in [1.29, 1.82) is 0 Å². The lowest BCUT2D eigenvalue weighted by molar-refractivity contribution is 0.0781. The van der Waals surface area contributed by atoms with Gasteiger partial charge in [-0.05, 0) is 42.7 Å². The fourth-order valence-electron chi connectivity index (χ4n) is 3.44. The van der Waals surface area contributed by atoms with Crippen molar-refractivity contribution in [2.24, 2.45) is 0 Å². The highest BCUT2D eigenvalue weighted by Gasteiger charge is 2.26. The van der Waals surface area contributed by atoms with Crippen molar-refractivity contribution in [3.05, 3.63) is 64.5 Å².